The molecule has 0 unspecified atom stereocenters. The molecule has 1 aromatic heterocycles. The molecule has 7 heteroatoms. The molecule has 3 rings (SSSR count). The van der Waals surface area contributed by atoms with Crippen LogP contribution in [0.5, 0.6) is 0 Å². The second kappa shape index (κ2) is 5.76. The van der Waals surface area contributed by atoms with E-state index in [0.717, 1.165) is 19.5 Å². The second-order valence-corrected chi connectivity index (χ2v) is 6.69. The molecule has 1 aliphatic rings. The maximum Gasteiger partial charge on any atom is 0.261 e. The molecule has 2 heterocycles. The fourth-order valence-electron chi connectivity index (χ4n) is 2.11. The molecule has 1 amide bonds. The number of hydrogen-bond donors (Lipinski definition) is 1. The van der Waals surface area contributed by atoms with E-state index in [9.17, 15) is 13.2 Å². The average molecular weight is 317 g/mol. The van der Waals surface area contributed by atoms with E-state index < -0.39 is 10.0 Å². The lowest BCUT2D eigenvalue weighted by Crippen LogP contribution is -2.42. The van der Waals surface area contributed by atoms with Crippen LogP contribution in [0.4, 0.5) is 5.69 Å². The first-order chi connectivity index (χ1) is 10.6. The minimum atomic E-state index is -3.67. The highest BCUT2D eigenvalue weighted by molar-refractivity contribution is 7.92. The Labute approximate surface area is 128 Å². The molecule has 114 valence electrons. The third-order valence-corrected chi connectivity index (χ3v) is 4.88. The molecule has 2 aromatic rings. The van der Waals surface area contributed by atoms with Crippen LogP contribution in [0.25, 0.3) is 0 Å². The zero-order chi connectivity index (χ0) is 15.6. The number of likely N-dealkylation sites (tertiary alicyclic amines) is 1. The number of nitrogens with one attached hydrogen (secondary N) is 1. The van der Waals surface area contributed by atoms with Crippen molar-refractivity contribution in [3.63, 3.8) is 0 Å². The largest absolute Gasteiger partial charge is 0.339 e. The van der Waals surface area contributed by atoms with Gasteiger partial charge in [-0.25, -0.2) is 8.42 Å². The summed E-state index contributed by atoms with van der Waals surface area (Å²) in [7, 11) is -3.67. The Kier molecular flexibility index (Phi) is 3.81. The van der Waals surface area contributed by atoms with Gasteiger partial charge in [0.2, 0.25) is 0 Å². The van der Waals surface area contributed by atoms with Crippen molar-refractivity contribution in [3.8, 4) is 0 Å². The topological polar surface area (TPSA) is 79.4 Å². The fourth-order valence-corrected chi connectivity index (χ4v) is 3.17. The summed E-state index contributed by atoms with van der Waals surface area (Å²) in [4.78, 5) is 17.7. The number of pyridine rings is 1. The van der Waals surface area contributed by atoms with E-state index >= 15 is 0 Å². The molecular weight excluding hydrogens is 302 g/mol. The molecule has 0 radical (unpaired) electrons. The summed E-state index contributed by atoms with van der Waals surface area (Å²) in [6, 6.07) is 9.11. The number of sulfonamides is 1. The van der Waals surface area contributed by atoms with E-state index in [4.69, 9.17) is 0 Å². The number of hydrogen-bond acceptors (Lipinski definition) is 4. The molecule has 1 aliphatic heterocycles. The predicted octanol–water partition coefficient (Wildman–Crippen LogP) is 1.73. The van der Waals surface area contributed by atoms with Gasteiger partial charge < -0.3 is 4.90 Å². The molecule has 0 bridgehead atoms. The van der Waals surface area contributed by atoms with E-state index in [2.05, 4.69) is 9.71 Å². The van der Waals surface area contributed by atoms with Crippen LogP contribution in [0.1, 0.15) is 16.8 Å². The smallest absolute Gasteiger partial charge is 0.261 e. The van der Waals surface area contributed by atoms with Gasteiger partial charge in [-0.15, -0.1) is 0 Å². The highest BCUT2D eigenvalue weighted by atomic mass is 32.2. The van der Waals surface area contributed by atoms with Crippen molar-refractivity contribution >= 4 is 21.6 Å². The standard InChI is InChI=1S/C15H15N3O3S/c19-15(18-10-1-11-18)12-2-4-14(5-3-12)22(20,21)17-13-6-8-16-9-7-13/h2-9H,1,10-11H2,(H,16,17). The van der Waals surface area contributed by atoms with Gasteiger partial charge in [0.1, 0.15) is 0 Å². The highest BCUT2D eigenvalue weighted by Crippen LogP contribution is 2.18. The van der Waals surface area contributed by atoms with Crippen molar-refractivity contribution in [1.29, 1.82) is 0 Å². The van der Waals surface area contributed by atoms with Gasteiger partial charge in [-0.05, 0) is 42.8 Å². The molecular formula is C15H15N3O3S. The Bertz CT molecular complexity index is 769. The van der Waals surface area contributed by atoms with Gasteiger partial charge in [-0.3, -0.25) is 14.5 Å². The Balaban J connectivity index is 1.78. The van der Waals surface area contributed by atoms with Crippen LogP contribution >= 0.6 is 0 Å². The number of anilines is 1. The summed E-state index contributed by atoms with van der Waals surface area (Å²) < 4.78 is 27.0. The summed E-state index contributed by atoms with van der Waals surface area (Å²) >= 11 is 0. The van der Waals surface area contributed by atoms with Gasteiger partial charge in [-0.1, -0.05) is 0 Å². The summed E-state index contributed by atoms with van der Waals surface area (Å²) in [5, 5.41) is 0. The van der Waals surface area contributed by atoms with Gasteiger partial charge in [0, 0.05) is 31.0 Å². The van der Waals surface area contributed by atoms with Crippen LogP contribution in [0.15, 0.2) is 53.7 Å². The lowest BCUT2D eigenvalue weighted by Gasteiger charge is -2.30. The van der Waals surface area contributed by atoms with Crippen molar-refractivity contribution in [3.05, 3.63) is 54.4 Å². The van der Waals surface area contributed by atoms with E-state index in [1.165, 1.54) is 24.5 Å². The van der Waals surface area contributed by atoms with Crippen LogP contribution in [-0.2, 0) is 10.0 Å². The third-order valence-electron chi connectivity index (χ3n) is 3.49. The quantitative estimate of drug-likeness (QED) is 0.931. The first-order valence-corrected chi connectivity index (χ1v) is 8.37. The minimum Gasteiger partial charge on any atom is -0.339 e. The van der Waals surface area contributed by atoms with Crippen LogP contribution in [0.3, 0.4) is 0 Å². The Hall–Kier alpha value is -2.41. The fraction of sp³-hybridized carbons (Fsp3) is 0.200. The number of carbonyl (C=O) groups excluding carboxylic acids is 1. The number of rotatable bonds is 4. The Morgan fingerprint density at radius 1 is 1.05 bits per heavy atom. The number of carbonyl (C=O) groups is 1. The number of benzene rings is 1. The average Bonchev–Trinajstić information content (AvgIpc) is 2.46. The third kappa shape index (κ3) is 2.94. The maximum absolute atomic E-state index is 12.3. The molecule has 0 saturated carbocycles. The van der Waals surface area contributed by atoms with Crippen molar-refractivity contribution in [2.45, 2.75) is 11.3 Å². The van der Waals surface area contributed by atoms with Crippen molar-refractivity contribution in [1.82, 2.24) is 9.88 Å². The molecule has 0 spiro atoms. The number of amides is 1. The molecule has 0 atom stereocenters. The Morgan fingerprint density at radius 2 is 1.68 bits per heavy atom. The van der Waals surface area contributed by atoms with Crippen LogP contribution in [0, 0.1) is 0 Å². The van der Waals surface area contributed by atoms with E-state index in [1.807, 2.05) is 0 Å². The van der Waals surface area contributed by atoms with Crippen molar-refractivity contribution < 1.29 is 13.2 Å². The molecule has 1 fully saturated rings. The summed E-state index contributed by atoms with van der Waals surface area (Å²) in [6.45, 7) is 1.53. The number of aromatic nitrogens is 1. The molecule has 22 heavy (non-hydrogen) atoms. The predicted molar refractivity (Wildman–Crippen MR) is 82.0 cm³/mol. The normalized spacial score (nSPS) is 14.3. The lowest BCUT2D eigenvalue weighted by molar-refractivity contribution is 0.0651. The molecule has 1 N–H and O–H groups in total. The molecule has 1 saturated heterocycles. The summed E-state index contributed by atoms with van der Waals surface area (Å²) in [6.07, 6.45) is 4.04. The van der Waals surface area contributed by atoms with E-state index in [-0.39, 0.29) is 10.8 Å². The van der Waals surface area contributed by atoms with Gasteiger partial charge in [0.15, 0.2) is 0 Å². The van der Waals surface area contributed by atoms with E-state index in [0.29, 0.717) is 11.3 Å². The Morgan fingerprint density at radius 3 is 2.23 bits per heavy atom. The van der Waals surface area contributed by atoms with Gasteiger partial charge in [0.25, 0.3) is 15.9 Å². The van der Waals surface area contributed by atoms with Crippen LogP contribution < -0.4 is 4.72 Å². The monoisotopic (exact) mass is 317 g/mol. The lowest BCUT2D eigenvalue weighted by atomic mass is 10.1. The zero-order valence-electron chi connectivity index (χ0n) is 11.8. The van der Waals surface area contributed by atoms with Crippen molar-refractivity contribution in [2.24, 2.45) is 0 Å². The SMILES string of the molecule is O=C(c1ccc(S(=O)(=O)Nc2ccncc2)cc1)N1CCC1. The van der Waals surface area contributed by atoms with Gasteiger partial charge in [0.05, 0.1) is 10.6 Å². The summed E-state index contributed by atoms with van der Waals surface area (Å²) in [5.74, 6) is -0.0581. The minimum absolute atomic E-state index is 0.0581. The molecule has 1 aromatic carbocycles. The van der Waals surface area contributed by atoms with Gasteiger partial charge >= 0.3 is 0 Å². The highest BCUT2D eigenvalue weighted by Gasteiger charge is 2.22. The zero-order valence-corrected chi connectivity index (χ0v) is 12.6. The maximum atomic E-state index is 12.3. The first kappa shape index (κ1) is 14.5. The van der Waals surface area contributed by atoms with Gasteiger partial charge in [-0.2, -0.15) is 0 Å². The number of nitrogens with zero attached hydrogens (tertiary/aromatic N) is 2. The molecule has 6 nitrogen and oxygen atoms in total. The van der Waals surface area contributed by atoms with Crippen LogP contribution in [-0.4, -0.2) is 37.3 Å². The van der Waals surface area contributed by atoms with E-state index in [1.54, 1.807) is 29.2 Å². The van der Waals surface area contributed by atoms with Crippen LogP contribution in [0.2, 0.25) is 0 Å². The second-order valence-electron chi connectivity index (χ2n) is 5.01. The summed E-state index contributed by atoms with van der Waals surface area (Å²) in [5.41, 5.74) is 0.943. The first-order valence-electron chi connectivity index (χ1n) is 6.88. The van der Waals surface area contributed by atoms with Crippen molar-refractivity contribution in [2.75, 3.05) is 17.8 Å². The molecule has 0 aliphatic carbocycles.